The van der Waals surface area contributed by atoms with Crippen LogP contribution < -0.4 is 15.8 Å². The molecule has 1 aromatic rings. The van der Waals surface area contributed by atoms with Gasteiger partial charge in [-0.1, -0.05) is 15.9 Å². The molecule has 1 amide bonds. The Bertz CT molecular complexity index is 535. The molecule has 6 heteroatoms. The molecule has 0 bridgehead atoms. The molecule has 0 aromatic heterocycles. The Kier molecular flexibility index (Phi) is 3.96. The molecule has 1 aromatic carbocycles. The van der Waals surface area contributed by atoms with Gasteiger partial charge in [-0.05, 0) is 17.7 Å². The molecule has 108 valence electrons. The highest BCUT2D eigenvalue weighted by Crippen LogP contribution is 2.32. The van der Waals surface area contributed by atoms with Gasteiger partial charge in [0.2, 0.25) is 5.91 Å². The van der Waals surface area contributed by atoms with Gasteiger partial charge in [0, 0.05) is 29.0 Å². The van der Waals surface area contributed by atoms with E-state index in [2.05, 4.69) is 27.3 Å². The number of carbonyl (C=O) groups is 1. The average molecular weight is 341 g/mol. The van der Waals surface area contributed by atoms with E-state index >= 15 is 0 Å². The van der Waals surface area contributed by atoms with Crippen LogP contribution >= 0.6 is 15.9 Å². The minimum absolute atomic E-state index is 0.0540. The van der Waals surface area contributed by atoms with Crippen molar-refractivity contribution in [3.05, 3.63) is 27.7 Å². The molecule has 3 rings (SSSR count). The quantitative estimate of drug-likeness (QED) is 0.859. The molecule has 1 fully saturated rings. The Morgan fingerprint density at radius 3 is 3.05 bits per heavy atom. The van der Waals surface area contributed by atoms with Crippen LogP contribution in [-0.4, -0.2) is 31.8 Å². The van der Waals surface area contributed by atoms with Crippen molar-refractivity contribution in [1.82, 2.24) is 5.32 Å². The zero-order valence-electron chi connectivity index (χ0n) is 11.0. The fraction of sp³-hybridized carbons (Fsp3) is 0.500. The van der Waals surface area contributed by atoms with E-state index in [9.17, 15) is 4.79 Å². The third kappa shape index (κ3) is 2.68. The predicted octanol–water partition coefficient (Wildman–Crippen LogP) is 0.974. The monoisotopic (exact) mass is 340 g/mol. The number of rotatable bonds is 3. The summed E-state index contributed by atoms with van der Waals surface area (Å²) in [6, 6.07) is 3.84. The molecule has 5 nitrogen and oxygen atoms in total. The molecule has 0 radical (unpaired) electrons. The first-order valence-corrected chi connectivity index (χ1v) is 7.49. The summed E-state index contributed by atoms with van der Waals surface area (Å²) in [7, 11) is 0. The van der Waals surface area contributed by atoms with Crippen molar-refractivity contribution in [3.63, 3.8) is 0 Å². The highest BCUT2D eigenvalue weighted by Gasteiger charge is 2.31. The van der Waals surface area contributed by atoms with E-state index in [-0.39, 0.29) is 17.9 Å². The summed E-state index contributed by atoms with van der Waals surface area (Å²) < 4.78 is 11.9. The summed E-state index contributed by atoms with van der Waals surface area (Å²) in [5, 5.41) is 2.93. The van der Waals surface area contributed by atoms with E-state index in [0.717, 1.165) is 22.2 Å². The Morgan fingerprint density at radius 2 is 2.30 bits per heavy atom. The van der Waals surface area contributed by atoms with Crippen LogP contribution in [0, 0.1) is 5.92 Å². The van der Waals surface area contributed by atoms with Gasteiger partial charge in [-0.25, -0.2) is 0 Å². The van der Waals surface area contributed by atoms with Crippen molar-refractivity contribution in [2.24, 2.45) is 11.7 Å². The summed E-state index contributed by atoms with van der Waals surface area (Å²) in [5.41, 5.74) is 8.02. The van der Waals surface area contributed by atoms with Crippen molar-refractivity contribution in [2.75, 3.05) is 19.8 Å². The third-order valence-electron chi connectivity index (χ3n) is 3.74. The molecule has 20 heavy (non-hydrogen) atoms. The number of fused-ring (bicyclic) bond motifs is 1. The Hall–Kier alpha value is -1.11. The second-order valence-corrected chi connectivity index (χ2v) is 6.09. The Labute approximate surface area is 125 Å². The lowest BCUT2D eigenvalue weighted by Gasteiger charge is -2.15. The van der Waals surface area contributed by atoms with E-state index < -0.39 is 0 Å². The first-order valence-electron chi connectivity index (χ1n) is 6.70. The zero-order valence-corrected chi connectivity index (χ0v) is 12.6. The topological polar surface area (TPSA) is 73.6 Å². The van der Waals surface area contributed by atoms with Gasteiger partial charge < -0.3 is 20.5 Å². The van der Waals surface area contributed by atoms with E-state index in [1.165, 1.54) is 5.56 Å². The van der Waals surface area contributed by atoms with Gasteiger partial charge in [-0.3, -0.25) is 4.79 Å². The smallest absolute Gasteiger partial charge is 0.227 e. The minimum Gasteiger partial charge on any atom is -0.493 e. The summed E-state index contributed by atoms with van der Waals surface area (Å²) in [6.45, 7) is 2.01. The third-order valence-corrected chi connectivity index (χ3v) is 4.20. The van der Waals surface area contributed by atoms with Crippen LogP contribution in [0.5, 0.6) is 5.75 Å². The summed E-state index contributed by atoms with van der Waals surface area (Å²) in [4.78, 5) is 12.1. The molecule has 2 aliphatic heterocycles. The predicted molar refractivity (Wildman–Crippen MR) is 77.5 cm³/mol. The zero-order chi connectivity index (χ0) is 14.1. The first kappa shape index (κ1) is 13.9. The Balaban J connectivity index is 1.68. The molecule has 3 N–H and O–H groups in total. The SMILES string of the molecule is NC1COCC1C(=O)NCc1cc(Br)cc2c1OCC2. The molecular weight excluding hydrogens is 324 g/mol. The lowest BCUT2D eigenvalue weighted by Crippen LogP contribution is -2.40. The number of hydrogen-bond donors (Lipinski definition) is 2. The van der Waals surface area contributed by atoms with Crippen molar-refractivity contribution < 1.29 is 14.3 Å². The number of nitrogens with two attached hydrogens (primary N) is 1. The molecule has 0 aliphatic carbocycles. The molecule has 0 saturated carbocycles. The highest BCUT2D eigenvalue weighted by atomic mass is 79.9. The van der Waals surface area contributed by atoms with E-state index in [4.69, 9.17) is 15.2 Å². The molecular formula is C14H17BrN2O3. The first-order chi connectivity index (χ1) is 9.65. The molecule has 2 unspecified atom stereocenters. The average Bonchev–Trinajstić information content (AvgIpc) is 3.03. The summed E-state index contributed by atoms with van der Waals surface area (Å²) in [6.07, 6.45) is 0.914. The van der Waals surface area contributed by atoms with Gasteiger partial charge in [-0.15, -0.1) is 0 Å². The normalized spacial score (nSPS) is 24.3. The van der Waals surface area contributed by atoms with Crippen molar-refractivity contribution in [3.8, 4) is 5.75 Å². The number of hydrogen-bond acceptors (Lipinski definition) is 4. The molecule has 0 spiro atoms. The fourth-order valence-corrected chi connectivity index (χ4v) is 3.18. The second kappa shape index (κ2) is 5.71. The maximum absolute atomic E-state index is 12.1. The van der Waals surface area contributed by atoms with Gasteiger partial charge in [-0.2, -0.15) is 0 Å². The largest absolute Gasteiger partial charge is 0.493 e. The number of carbonyl (C=O) groups excluding carboxylic acids is 1. The maximum atomic E-state index is 12.1. The summed E-state index contributed by atoms with van der Waals surface area (Å²) in [5.74, 6) is 0.596. The van der Waals surface area contributed by atoms with Crippen LogP contribution in [0.15, 0.2) is 16.6 Å². The van der Waals surface area contributed by atoms with Gasteiger partial charge in [0.25, 0.3) is 0 Å². The van der Waals surface area contributed by atoms with Crippen LogP contribution in [0.4, 0.5) is 0 Å². The summed E-state index contributed by atoms with van der Waals surface area (Å²) >= 11 is 3.49. The van der Waals surface area contributed by atoms with Crippen LogP contribution in [0.2, 0.25) is 0 Å². The van der Waals surface area contributed by atoms with Gasteiger partial charge in [0.05, 0.1) is 25.7 Å². The van der Waals surface area contributed by atoms with Gasteiger partial charge in [0.15, 0.2) is 0 Å². The number of nitrogens with one attached hydrogen (secondary N) is 1. The second-order valence-electron chi connectivity index (χ2n) is 5.18. The fourth-order valence-electron chi connectivity index (χ4n) is 2.63. The van der Waals surface area contributed by atoms with Gasteiger partial charge >= 0.3 is 0 Å². The van der Waals surface area contributed by atoms with Crippen molar-refractivity contribution in [2.45, 2.75) is 19.0 Å². The van der Waals surface area contributed by atoms with E-state index in [0.29, 0.717) is 26.4 Å². The number of benzene rings is 1. The van der Waals surface area contributed by atoms with Crippen molar-refractivity contribution in [1.29, 1.82) is 0 Å². The number of halogens is 1. The van der Waals surface area contributed by atoms with Gasteiger partial charge in [0.1, 0.15) is 5.75 Å². The number of amides is 1. The van der Waals surface area contributed by atoms with E-state index in [1.54, 1.807) is 0 Å². The number of ether oxygens (including phenoxy) is 2. The van der Waals surface area contributed by atoms with Crippen LogP contribution in [-0.2, 0) is 22.5 Å². The molecule has 2 heterocycles. The Morgan fingerprint density at radius 1 is 1.45 bits per heavy atom. The highest BCUT2D eigenvalue weighted by molar-refractivity contribution is 9.10. The molecule has 1 saturated heterocycles. The lowest BCUT2D eigenvalue weighted by molar-refractivity contribution is -0.125. The minimum atomic E-state index is -0.254. The van der Waals surface area contributed by atoms with Crippen LogP contribution in [0.25, 0.3) is 0 Å². The standard InChI is InChI=1S/C14H17BrN2O3/c15-10-3-8-1-2-20-13(8)9(4-10)5-17-14(18)11-6-19-7-12(11)16/h3-4,11-12H,1-2,5-7,16H2,(H,17,18). The van der Waals surface area contributed by atoms with E-state index in [1.807, 2.05) is 6.07 Å². The molecule has 2 aliphatic rings. The maximum Gasteiger partial charge on any atom is 0.227 e. The van der Waals surface area contributed by atoms with Crippen LogP contribution in [0.3, 0.4) is 0 Å². The van der Waals surface area contributed by atoms with Crippen LogP contribution in [0.1, 0.15) is 11.1 Å². The lowest BCUT2D eigenvalue weighted by atomic mass is 10.0. The molecule has 2 atom stereocenters. The van der Waals surface area contributed by atoms with Crippen molar-refractivity contribution >= 4 is 21.8 Å².